The molecule has 18 heavy (non-hydrogen) atoms. The van der Waals surface area contributed by atoms with Gasteiger partial charge in [-0.15, -0.1) is 0 Å². The van der Waals surface area contributed by atoms with Crippen LogP contribution in [0, 0.1) is 0 Å². The average Bonchev–Trinajstić information content (AvgIpc) is 2.26. The molecular weight excluding hydrogens is 244 g/mol. The van der Waals surface area contributed by atoms with Crippen molar-refractivity contribution >= 4 is 11.8 Å². The number of hydrogen-bond acceptors (Lipinski definition) is 3. The average molecular weight is 263 g/mol. The minimum Gasteiger partial charge on any atom is -0.480 e. The molecule has 0 fully saturated rings. The molecule has 0 spiro atoms. The molecule has 0 bridgehead atoms. The Morgan fingerprint density at radius 1 is 1.50 bits per heavy atom. The Balaban J connectivity index is 4.64. The maximum atomic E-state index is 13.6. The second-order valence-corrected chi connectivity index (χ2v) is 4.32. The molecule has 0 heterocycles. The monoisotopic (exact) mass is 263 g/mol. The lowest BCUT2D eigenvalue weighted by Gasteiger charge is -2.18. The fourth-order valence-corrected chi connectivity index (χ4v) is 1.07. The van der Waals surface area contributed by atoms with Crippen LogP contribution in [0.1, 0.15) is 26.7 Å². The minimum atomic E-state index is -1.54. The number of amidine groups is 1. The van der Waals surface area contributed by atoms with Gasteiger partial charge < -0.3 is 16.6 Å². The molecule has 0 aromatic rings. The molecule has 0 saturated heterocycles. The van der Waals surface area contributed by atoms with Crippen molar-refractivity contribution in [2.75, 3.05) is 13.2 Å². The predicted octanol–water partition coefficient (Wildman–Crippen LogP) is 1.14. The normalized spacial score (nSPS) is 17.1. The SMILES string of the molecule is CC(N)=NCC(CF)=C(F)CCC(C)(N)C(=O)O. The maximum absolute atomic E-state index is 13.6. The number of carboxylic acids is 1. The summed E-state index contributed by atoms with van der Waals surface area (Å²) in [7, 11) is 0. The molecule has 0 radical (unpaired) electrons. The van der Waals surface area contributed by atoms with Crippen molar-refractivity contribution < 1.29 is 18.7 Å². The molecular formula is C11H19F2N3O2. The van der Waals surface area contributed by atoms with Gasteiger partial charge in [0.1, 0.15) is 18.0 Å². The number of aliphatic carboxylic acids is 1. The molecule has 5 N–H and O–H groups in total. The first-order chi connectivity index (χ1) is 8.20. The van der Waals surface area contributed by atoms with Gasteiger partial charge in [-0.1, -0.05) is 0 Å². The molecule has 7 heteroatoms. The third kappa shape index (κ3) is 5.72. The van der Waals surface area contributed by atoms with Gasteiger partial charge in [-0.2, -0.15) is 0 Å². The highest BCUT2D eigenvalue weighted by molar-refractivity contribution is 5.78. The summed E-state index contributed by atoms with van der Waals surface area (Å²) < 4.78 is 26.2. The zero-order valence-electron chi connectivity index (χ0n) is 10.5. The zero-order chi connectivity index (χ0) is 14.3. The van der Waals surface area contributed by atoms with E-state index in [0.29, 0.717) is 0 Å². The highest BCUT2D eigenvalue weighted by Gasteiger charge is 2.28. The third-order valence-electron chi connectivity index (χ3n) is 2.42. The molecule has 0 aromatic carbocycles. The summed E-state index contributed by atoms with van der Waals surface area (Å²) in [5.74, 6) is -1.73. The van der Waals surface area contributed by atoms with Gasteiger partial charge in [-0.3, -0.25) is 9.79 Å². The van der Waals surface area contributed by atoms with Crippen LogP contribution >= 0.6 is 0 Å². The molecule has 5 nitrogen and oxygen atoms in total. The zero-order valence-corrected chi connectivity index (χ0v) is 10.5. The Labute approximate surface area is 105 Å². The van der Waals surface area contributed by atoms with Crippen LogP contribution < -0.4 is 11.5 Å². The highest BCUT2D eigenvalue weighted by atomic mass is 19.1. The first kappa shape index (κ1) is 16.5. The van der Waals surface area contributed by atoms with E-state index in [1.165, 1.54) is 13.8 Å². The van der Waals surface area contributed by atoms with Crippen molar-refractivity contribution in [1.82, 2.24) is 0 Å². The number of carbonyl (C=O) groups is 1. The lowest BCUT2D eigenvalue weighted by molar-refractivity contribution is -0.142. The second kappa shape index (κ2) is 7.05. The van der Waals surface area contributed by atoms with E-state index in [-0.39, 0.29) is 30.8 Å². The van der Waals surface area contributed by atoms with Crippen LogP contribution in [0.4, 0.5) is 8.78 Å². The topological polar surface area (TPSA) is 102 Å². The largest absolute Gasteiger partial charge is 0.480 e. The van der Waals surface area contributed by atoms with Gasteiger partial charge in [0.2, 0.25) is 0 Å². The van der Waals surface area contributed by atoms with Gasteiger partial charge in [-0.25, -0.2) is 8.78 Å². The summed E-state index contributed by atoms with van der Waals surface area (Å²) >= 11 is 0. The first-order valence-electron chi connectivity index (χ1n) is 5.42. The molecule has 0 aliphatic rings. The Hall–Kier alpha value is -1.50. The van der Waals surface area contributed by atoms with Crippen LogP contribution in [0.25, 0.3) is 0 Å². The van der Waals surface area contributed by atoms with E-state index in [1.807, 2.05) is 0 Å². The van der Waals surface area contributed by atoms with Crippen molar-refractivity contribution in [3.05, 3.63) is 11.4 Å². The molecule has 104 valence electrons. The van der Waals surface area contributed by atoms with Crippen LogP contribution in [-0.2, 0) is 4.79 Å². The highest BCUT2D eigenvalue weighted by Crippen LogP contribution is 2.19. The Morgan fingerprint density at radius 3 is 2.44 bits per heavy atom. The molecule has 0 aliphatic heterocycles. The first-order valence-corrected chi connectivity index (χ1v) is 5.42. The van der Waals surface area contributed by atoms with Crippen molar-refractivity contribution in [3.8, 4) is 0 Å². The minimum absolute atomic E-state index is 0.122. The number of alkyl halides is 1. The predicted molar refractivity (Wildman–Crippen MR) is 65.7 cm³/mol. The maximum Gasteiger partial charge on any atom is 0.323 e. The number of nitrogens with two attached hydrogens (primary N) is 2. The smallest absolute Gasteiger partial charge is 0.323 e. The van der Waals surface area contributed by atoms with E-state index in [1.54, 1.807) is 0 Å². The van der Waals surface area contributed by atoms with E-state index in [0.717, 1.165) is 0 Å². The standard InChI is InChI=1S/C11H19F2N3O2/c1-7(14)16-6-8(5-12)9(13)3-4-11(2,15)10(17)18/h3-6,15H2,1-2H3,(H2,14,16)(H,17,18). The van der Waals surface area contributed by atoms with Crippen molar-refractivity contribution in [2.24, 2.45) is 16.5 Å². The van der Waals surface area contributed by atoms with Gasteiger partial charge in [0.15, 0.2) is 0 Å². The molecule has 0 aromatic heterocycles. The summed E-state index contributed by atoms with van der Waals surface area (Å²) in [4.78, 5) is 14.4. The summed E-state index contributed by atoms with van der Waals surface area (Å²) in [5, 5.41) is 8.75. The molecule has 0 amide bonds. The third-order valence-corrected chi connectivity index (χ3v) is 2.42. The number of allylic oxidation sites excluding steroid dienone is 1. The van der Waals surface area contributed by atoms with Gasteiger partial charge in [-0.05, 0) is 20.3 Å². The summed E-state index contributed by atoms with van der Waals surface area (Å²) in [6.07, 6.45) is -0.360. The lowest BCUT2D eigenvalue weighted by atomic mass is 9.96. The molecule has 0 saturated carbocycles. The van der Waals surface area contributed by atoms with Crippen LogP contribution in [0.2, 0.25) is 0 Å². The van der Waals surface area contributed by atoms with E-state index in [2.05, 4.69) is 4.99 Å². The number of carboxylic acid groups (broad SMARTS) is 1. The number of nitrogens with zero attached hydrogens (tertiary/aromatic N) is 1. The summed E-state index contributed by atoms with van der Waals surface area (Å²) in [6, 6.07) is 0. The Morgan fingerprint density at radius 2 is 2.06 bits per heavy atom. The summed E-state index contributed by atoms with van der Waals surface area (Å²) in [5.41, 5.74) is 9.03. The molecule has 1 atom stereocenters. The fraction of sp³-hybridized carbons (Fsp3) is 0.636. The van der Waals surface area contributed by atoms with Gasteiger partial charge in [0.05, 0.1) is 12.4 Å². The second-order valence-electron chi connectivity index (χ2n) is 4.32. The van der Waals surface area contributed by atoms with Crippen LogP contribution in [0.3, 0.4) is 0 Å². The van der Waals surface area contributed by atoms with E-state index >= 15 is 0 Å². The number of aliphatic imine (C=N–C) groups is 1. The van der Waals surface area contributed by atoms with E-state index < -0.39 is 24.0 Å². The Kier molecular flexibility index (Phi) is 6.46. The van der Waals surface area contributed by atoms with E-state index in [9.17, 15) is 13.6 Å². The van der Waals surface area contributed by atoms with Crippen LogP contribution in [0.15, 0.2) is 16.4 Å². The quantitative estimate of drug-likeness (QED) is 0.473. The Bertz CT molecular complexity index is 361. The van der Waals surface area contributed by atoms with E-state index in [4.69, 9.17) is 16.6 Å². The van der Waals surface area contributed by atoms with Gasteiger partial charge in [0.25, 0.3) is 0 Å². The number of halogens is 2. The van der Waals surface area contributed by atoms with Crippen molar-refractivity contribution in [3.63, 3.8) is 0 Å². The molecule has 0 rings (SSSR count). The molecule has 0 aliphatic carbocycles. The number of rotatable bonds is 7. The van der Waals surface area contributed by atoms with Crippen molar-refractivity contribution in [2.45, 2.75) is 32.2 Å². The van der Waals surface area contributed by atoms with Crippen LogP contribution in [-0.4, -0.2) is 35.7 Å². The fourth-order valence-electron chi connectivity index (χ4n) is 1.07. The van der Waals surface area contributed by atoms with Crippen molar-refractivity contribution in [1.29, 1.82) is 0 Å². The number of hydrogen-bond donors (Lipinski definition) is 3. The van der Waals surface area contributed by atoms with Crippen LogP contribution in [0.5, 0.6) is 0 Å². The molecule has 1 unspecified atom stereocenters. The lowest BCUT2D eigenvalue weighted by Crippen LogP contribution is -2.44. The summed E-state index contributed by atoms with van der Waals surface area (Å²) in [6.45, 7) is 1.63. The van der Waals surface area contributed by atoms with Gasteiger partial charge in [0, 0.05) is 12.0 Å². The van der Waals surface area contributed by atoms with Gasteiger partial charge >= 0.3 is 5.97 Å².